The predicted octanol–water partition coefficient (Wildman–Crippen LogP) is 1.23. The zero-order valence-electron chi connectivity index (χ0n) is 16.8. The molecule has 2 fully saturated rings. The normalized spacial score (nSPS) is 21.6. The Hall–Kier alpha value is -1.93. The van der Waals surface area contributed by atoms with Gasteiger partial charge in [0.1, 0.15) is 0 Å². The van der Waals surface area contributed by atoms with Crippen molar-refractivity contribution in [3.63, 3.8) is 0 Å². The molecule has 0 saturated carbocycles. The summed E-state index contributed by atoms with van der Waals surface area (Å²) in [6, 6.07) is 8.01. The second kappa shape index (κ2) is 8.21. The van der Waals surface area contributed by atoms with Crippen LogP contribution < -0.4 is 0 Å². The standard InChI is InChI=1S/C20H29N3O4S/c1-15-4-6-16(7-5-15)13-23-14-17(12-19(23)24)20(25)22-10-8-18(9-11-22)21(2)28(3,26)27/h4-7,17-18H,8-14H2,1-3H3. The molecule has 0 N–H and O–H groups in total. The van der Waals surface area contributed by atoms with Crippen LogP contribution in [0.3, 0.4) is 0 Å². The number of amides is 2. The fourth-order valence-electron chi connectivity index (χ4n) is 3.98. The summed E-state index contributed by atoms with van der Waals surface area (Å²) < 4.78 is 24.8. The van der Waals surface area contributed by atoms with Gasteiger partial charge in [-0.3, -0.25) is 9.59 Å². The third kappa shape index (κ3) is 4.72. The summed E-state index contributed by atoms with van der Waals surface area (Å²) >= 11 is 0. The van der Waals surface area contributed by atoms with Crippen molar-refractivity contribution in [3.8, 4) is 0 Å². The number of hydrogen-bond donors (Lipinski definition) is 0. The van der Waals surface area contributed by atoms with Gasteiger partial charge in [-0.15, -0.1) is 0 Å². The Bertz CT molecular complexity index is 830. The minimum Gasteiger partial charge on any atom is -0.342 e. The van der Waals surface area contributed by atoms with Crippen molar-refractivity contribution in [1.29, 1.82) is 0 Å². The number of carbonyl (C=O) groups is 2. The number of nitrogens with zero attached hydrogens (tertiary/aromatic N) is 3. The van der Waals surface area contributed by atoms with Crippen molar-refractivity contribution in [2.24, 2.45) is 5.92 Å². The molecule has 1 aromatic carbocycles. The molecular formula is C20H29N3O4S. The van der Waals surface area contributed by atoms with Crippen molar-refractivity contribution in [2.45, 2.75) is 38.8 Å². The zero-order valence-corrected chi connectivity index (χ0v) is 17.6. The number of benzene rings is 1. The Labute approximate surface area is 167 Å². The van der Waals surface area contributed by atoms with E-state index >= 15 is 0 Å². The summed E-state index contributed by atoms with van der Waals surface area (Å²) in [5.74, 6) is -0.270. The van der Waals surface area contributed by atoms with E-state index in [0.29, 0.717) is 39.0 Å². The van der Waals surface area contributed by atoms with Crippen molar-refractivity contribution in [2.75, 3.05) is 32.9 Å². The maximum absolute atomic E-state index is 12.9. The topological polar surface area (TPSA) is 78.0 Å². The first-order valence-electron chi connectivity index (χ1n) is 9.70. The van der Waals surface area contributed by atoms with Crippen molar-refractivity contribution < 1.29 is 18.0 Å². The number of carbonyl (C=O) groups excluding carboxylic acids is 2. The van der Waals surface area contributed by atoms with Gasteiger partial charge >= 0.3 is 0 Å². The Morgan fingerprint density at radius 2 is 1.79 bits per heavy atom. The average Bonchev–Trinajstić information content (AvgIpc) is 3.02. The molecule has 2 heterocycles. The van der Waals surface area contributed by atoms with E-state index in [2.05, 4.69) is 0 Å². The molecule has 2 saturated heterocycles. The lowest BCUT2D eigenvalue weighted by Crippen LogP contribution is -2.48. The summed E-state index contributed by atoms with van der Waals surface area (Å²) in [6.07, 6.45) is 2.72. The highest BCUT2D eigenvalue weighted by Crippen LogP contribution is 2.25. The van der Waals surface area contributed by atoms with Gasteiger partial charge < -0.3 is 9.80 Å². The Morgan fingerprint density at radius 1 is 1.18 bits per heavy atom. The summed E-state index contributed by atoms with van der Waals surface area (Å²) in [4.78, 5) is 28.8. The zero-order chi connectivity index (χ0) is 20.5. The van der Waals surface area contributed by atoms with Gasteiger partial charge in [-0.2, -0.15) is 0 Å². The van der Waals surface area contributed by atoms with Crippen LogP contribution in [0.1, 0.15) is 30.4 Å². The summed E-state index contributed by atoms with van der Waals surface area (Å²) in [5, 5.41) is 0. The van der Waals surface area contributed by atoms with E-state index in [1.165, 1.54) is 16.1 Å². The molecular weight excluding hydrogens is 378 g/mol. The molecule has 2 aliphatic heterocycles. The molecule has 28 heavy (non-hydrogen) atoms. The SMILES string of the molecule is Cc1ccc(CN2CC(C(=O)N3CCC(N(C)S(C)(=O)=O)CC3)CC2=O)cc1. The van der Waals surface area contributed by atoms with E-state index in [4.69, 9.17) is 0 Å². The van der Waals surface area contributed by atoms with E-state index in [0.717, 1.165) is 5.56 Å². The largest absolute Gasteiger partial charge is 0.342 e. The van der Waals surface area contributed by atoms with Gasteiger partial charge in [-0.25, -0.2) is 12.7 Å². The summed E-state index contributed by atoms with van der Waals surface area (Å²) in [6.45, 7) is 4.08. The van der Waals surface area contributed by atoms with Crippen LogP contribution in [-0.4, -0.2) is 73.3 Å². The first-order valence-corrected chi connectivity index (χ1v) is 11.5. The van der Waals surface area contributed by atoms with Gasteiger partial charge in [0.2, 0.25) is 21.8 Å². The maximum atomic E-state index is 12.9. The highest BCUT2D eigenvalue weighted by atomic mass is 32.2. The fraction of sp³-hybridized carbons (Fsp3) is 0.600. The quantitative estimate of drug-likeness (QED) is 0.735. The Morgan fingerprint density at radius 3 is 2.36 bits per heavy atom. The van der Waals surface area contributed by atoms with E-state index in [9.17, 15) is 18.0 Å². The Kier molecular flexibility index (Phi) is 6.09. The molecule has 7 nitrogen and oxygen atoms in total. The molecule has 1 aromatic rings. The average molecular weight is 408 g/mol. The lowest BCUT2D eigenvalue weighted by molar-refractivity contribution is -0.137. The monoisotopic (exact) mass is 407 g/mol. The summed E-state index contributed by atoms with van der Waals surface area (Å²) in [7, 11) is -1.63. The van der Waals surface area contributed by atoms with Crippen molar-refractivity contribution in [1.82, 2.24) is 14.1 Å². The second-order valence-corrected chi connectivity index (χ2v) is 10.0. The number of sulfonamides is 1. The predicted molar refractivity (Wildman–Crippen MR) is 107 cm³/mol. The molecule has 0 aliphatic carbocycles. The Balaban J connectivity index is 1.54. The molecule has 8 heteroatoms. The maximum Gasteiger partial charge on any atom is 0.227 e. The minimum atomic E-state index is -3.22. The molecule has 2 amide bonds. The molecule has 154 valence electrons. The number of rotatable bonds is 5. The number of piperidine rings is 1. The van der Waals surface area contributed by atoms with Gasteiger partial charge in [0, 0.05) is 45.7 Å². The minimum absolute atomic E-state index is 0.0141. The molecule has 2 aliphatic rings. The van der Waals surface area contributed by atoms with Crippen LogP contribution >= 0.6 is 0 Å². The molecule has 0 radical (unpaired) electrons. The first-order chi connectivity index (χ1) is 13.1. The third-order valence-electron chi connectivity index (χ3n) is 5.87. The molecule has 1 unspecified atom stereocenters. The lowest BCUT2D eigenvalue weighted by atomic mass is 10.0. The van der Waals surface area contributed by atoms with E-state index in [1.54, 1.807) is 16.8 Å². The van der Waals surface area contributed by atoms with Crippen LogP contribution in [0.2, 0.25) is 0 Å². The van der Waals surface area contributed by atoms with Gasteiger partial charge in [0.05, 0.1) is 12.2 Å². The number of hydrogen-bond acceptors (Lipinski definition) is 4. The number of likely N-dealkylation sites (tertiary alicyclic amines) is 2. The smallest absolute Gasteiger partial charge is 0.227 e. The molecule has 0 spiro atoms. The van der Waals surface area contributed by atoms with Crippen LogP contribution in [0.25, 0.3) is 0 Å². The number of aryl methyl sites for hydroxylation is 1. The highest BCUT2D eigenvalue weighted by molar-refractivity contribution is 7.88. The lowest BCUT2D eigenvalue weighted by Gasteiger charge is -2.36. The van der Waals surface area contributed by atoms with Crippen molar-refractivity contribution in [3.05, 3.63) is 35.4 Å². The second-order valence-electron chi connectivity index (χ2n) is 8.00. The van der Waals surface area contributed by atoms with Crippen LogP contribution in [0.5, 0.6) is 0 Å². The highest BCUT2D eigenvalue weighted by Gasteiger charge is 2.38. The molecule has 3 rings (SSSR count). The van der Waals surface area contributed by atoms with Crippen molar-refractivity contribution >= 4 is 21.8 Å². The van der Waals surface area contributed by atoms with Crippen LogP contribution in [0.4, 0.5) is 0 Å². The molecule has 0 bridgehead atoms. The van der Waals surface area contributed by atoms with Gasteiger partial charge in [0.15, 0.2) is 0 Å². The van der Waals surface area contributed by atoms with Gasteiger partial charge in [0.25, 0.3) is 0 Å². The van der Waals surface area contributed by atoms with Crippen LogP contribution in [0.15, 0.2) is 24.3 Å². The van der Waals surface area contributed by atoms with Crippen LogP contribution in [0, 0.1) is 12.8 Å². The molecule has 0 aromatic heterocycles. The molecule has 1 atom stereocenters. The fourth-order valence-corrected chi connectivity index (χ4v) is 4.74. The van der Waals surface area contributed by atoms with E-state index < -0.39 is 10.0 Å². The van der Waals surface area contributed by atoms with Gasteiger partial charge in [-0.1, -0.05) is 29.8 Å². The first kappa shape index (κ1) is 20.8. The van der Waals surface area contributed by atoms with E-state index in [-0.39, 0.29) is 30.2 Å². The third-order valence-corrected chi connectivity index (χ3v) is 7.22. The van der Waals surface area contributed by atoms with E-state index in [1.807, 2.05) is 31.2 Å². The van der Waals surface area contributed by atoms with Gasteiger partial charge in [-0.05, 0) is 25.3 Å². The van der Waals surface area contributed by atoms with Crippen LogP contribution in [-0.2, 0) is 26.2 Å². The summed E-state index contributed by atoms with van der Waals surface area (Å²) in [5.41, 5.74) is 2.24.